The summed E-state index contributed by atoms with van der Waals surface area (Å²) in [6.45, 7) is 5.75. The molecule has 0 saturated carbocycles. The largest absolute Gasteiger partial charge is 0.396 e. The van der Waals surface area contributed by atoms with Crippen LogP contribution in [0, 0.1) is 0 Å². The molecule has 0 bridgehead atoms. The number of anilines is 2. The van der Waals surface area contributed by atoms with Gasteiger partial charge in [0.2, 0.25) is 0 Å². The Kier molecular flexibility index (Phi) is 7.83. The summed E-state index contributed by atoms with van der Waals surface area (Å²) in [6.07, 6.45) is 0. The fourth-order valence-electron chi connectivity index (χ4n) is 2.50. The van der Waals surface area contributed by atoms with E-state index in [1.54, 1.807) is 27.8 Å². The van der Waals surface area contributed by atoms with Crippen LogP contribution in [0.1, 0.15) is 29.8 Å². The van der Waals surface area contributed by atoms with E-state index in [4.69, 9.17) is 5.73 Å². The molecule has 8 heteroatoms. The Bertz CT molecular complexity index is 786. The monoisotopic (exact) mass is 403 g/mol. The Hall–Kier alpha value is -2.58. The summed E-state index contributed by atoms with van der Waals surface area (Å²) >= 11 is 1.44. The zero-order chi connectivity index (χ0) is 20.7. The standard InChI is InChI=1S/C20H29N5O2S/c1-14(2)22-20(27)25(10-9-24(3)4)11-15-5-7-16(8-6-15)19(26)23-18-13-28-12-17(18)21/h5-8,12-14H,9-11,21H2,1-4H3,(H,22,27)(H,23,26). The minimum Gasteiger partial charge on any atom is -0.396 e. The van der Waals surface area contributed by atoms with E-state index in [2.05, 4.69) is 10.6 Å². The van der Waals surface area contributed by atoms with E-state index in [1.807, 2.05) is 45.0 Å². The number of nitrogen functional groups attached to an aromatic ring is 1. The summed E-state index contributed by atoms with van der Waals surface area (Å²) in [5.74, 6) is -0.210. The van der Waals surface area contributed by atoms with Gasteiger partial charge in [-0.1, -0.05) is 12.1 Å². The first kappa shape index (κ1) is 21.7. The summed E-state index contributed by atoms with van der Waals surface area (Å²) in [5, 5.41) is 9.33. The molecule has 4 N–H and O–H groups in total. The highest BCUT2D eigenvalue weighted by molar-refractivity contribution is 7.09. The summed E-state index contributed by atoms with van der Waals surface area (Å²) in [4.78, 5) is 28.7. The fourth-order valence-corrected chi connectivity index (χ4v) is 3.17. The molecule has 152 valence electrons. The highest BCUT2D eigenvalue weighted by atomic mass is 32.1. The Morgan fingerprint density at radius 2 is 1.79 bits per heavy atom. The number of urea groups is 1. The molecule has 0 fully saturated rings. The van der Waals surface area contributed by atoms with Crippen molar-refractivity contribution in [3.8, 4) is 0 Å². The van der Waals surface area contributed by atoms with E-state index in [1.165, 1.54) is 11.3 Å². The molecule has 0 saturated heterocycles. The van der Waals surface area contributed by atoms with Crippen molar-refractivity contribution in [3.63, 3.8) is 0 Å². The van der Waals surface area contributed by atoms with Gasteiger partial charge in [0, 0.05) is 42.0 Å². The van der Waals surface area contributed by atoms with Crippen molar-refractivity contribution in [3.05, 3.63) is 46.2 Å². The van der Waals surface area contributed by atoms with E-state index < -0.39 is 0 Å². The third-order valence-electron chi connectivity index (χ3n) is 4.05. The number of amides is 3. The van der Waals surface area contributed by atoms with Gasteiger partial charge in [-0.15, -0.1) is 11.3 Å². The van der Waals surface area contributed by atoms with Gasteiger partial charge < -0.3 is 26.2 Å². The van der Waals surface area contributed by atoms with Crippen molar-refractivity contribution in [1.82, 2.24) is 15.1 Å². The van der Waals surface area contributed by atoms with Gasteiger partial charge in [-0.3, -0.25) is 4.79 Å². The fraction of sp³-hybridized carbons (Fsp3) is 0.400. The molecular weight excluding hydrogens is 374 g/mol. The second-order valence-corrected chi connectivity index (χ2v) is 7.96. The highest BCUT2D eigenvalue weighted by Gasteiger charge is 2.15. The van der Waals surface area contributed by atoms with Gasteiger partial charge in [0.15, 0.2) is 0 Å². The Morgan fingerprint density at radius 1 is 1.11 bits per heavy atom. The SMILES string of the molecule is CC(C)NC(=O)N(CCN(C)C)Cc1ccc(C(=O)Nc2cscc2N)cc1. The van der Waals surface area contributed by atoms with Crippen LogP contribution in [0.5, 0.6) is 0 Å². The van der Waals surface area contributed by atoms with E-state index >= 15 is 0 Å². The third kappa shape index (κ3) is 6.54. The maximum absolute atomic E-state index is 12.5. The zero-order valence-electron chi connectivity index (χ0n) is 16.9. The predicted octanol–water partition coefficient (Wildman–Crippen LogP) is 3.06. The van der Waals surface area contributed by atoms with E-state index in [0.29, 0.717) is 30.0 Å². The van der Waals surface area contributed by atoms with Crippen molar-refractivity contribution < 1.29 is 9.59 Å². The van der Waals surface area contributed by atoms with E-state index in [9.17, 15) is 9.59 Å². The predicted molar refractivity (Wildman–Crippen MR) is 116 cm³/mol. The first-order valence-corrected chi connectivity index (χ1v) is 10.1. The molecule has 0 atom stereocenters. The number of rotatable bonds is 8. The molecule has 2 aromatic rings. The summed E-state index contributed by atoms with van der Waals surface area (Å²) in [5.41, 5.74) is 8.49. The van der Waals surface area contributed by atoms with Gasteiger partial charge in [0.1, 0.15) is 0 Å². The van der Waals surface area contributed by atoms with Crippen molar-refractivity contribution in [1.29, 1.82) is 0 Å². The van der Waals surface area contributed by atoms with Crippen LogP contribution in [0.15, 0.2) is 35.0 Å². The van der Waals surface area contributed by atoms with E-state index in [0.717, 1.165) is 12.1 Å². The Labute approximate surface area is 170 Å². The van der Waals surface area contributed by atoms with Crippen LogP contribution in [0.4, 0.5) is 16.2 Å². The first-order chi connectivity index (χ1) is 13.3. The summed E-state index contributed by atoms with van der Waals surface area (Å²) < 4.78 is 0. The van der Waals surface area contributed by atoms with Gasteiger partial charge in [-0.25, -0.2) is 4.79 Å². The number of hydrogen-bond acceptors (Lipinski definition) is 5. The second kappa shape index (κ2) is 10.1. The Balaban J connectivity index is 2.03. The maximum Gasteiger partial charge on any atom is 0.317 e. The average molecular weight is 404 g/mol. The molecule has 3 amide bonds. The van der Waals surface area contributed by atoms with Crippen LogP contribution in [0.25, 0.3) is 0 Å². The minimum absolute atomic E-state index is 0.0740. The quantitative estimate of drug-likeness (QED) is 0.632. The van der Waals surface area contributed by atoms with Gasteiger partial charge in [-0.05, 0) is 45.6 Å². The number of carbonyl (C=O) groups excluding carboxylic acids is 2. The zero-order valence-corrected chi connectivity index (χ0v) is 17.7. The van der Waals surface area contributed by atoms with Crippen molar-refractivity contribution in [2.45, 2.75) is 26.4 Å². The Morgan fingerprint density at radius 3 is 2.32 bits per heavy atom. The van der Waals surface area contributed by atoms with Gasteiger partial charge in [-0.2, -0.15) is 0 Å². The van der Waals surface area contributed by atoms with Gasteiger partial charge >= 0.3 is 6.03 Å². The normalized spacial score (nSPS) is 10.9. The number of benzene rings is 1. The lowest BCUT2D eigenvalue weighted by Crippen LogP contribution is -2.45. The summed E-state index contributed by atoms with van der Waals surface area (Å²) in [6, 6.07) is 7.25. The van der Waals surface area contributed by atoms with Crippen LogP contribution in [0.3, 0.4) is 0 Å². The summed E-state index contributed by atoms with van der Waals surface area (Å²) in [7, 11) is 3.96. The number of nitrogens with two attached hydrogens (primary N) is 1. The number of nitrogens with zero attached hydrogens (tertiary/aromatic N) is 2. The number of carbonyl (C=O) groups is 2. The topological polar surface area (TPSA) is 90.7 Å². The molecule has 0 radical (unpaired) electrons. The molecule has 28 heavy (non-hydrogen) atoms. The lowest BCUT2D eigenvalue weighted by Gasteiger charge is -2.26. The second-order valence-electron chi connectivity index (χ2n) is 7.22. The van der Waals surface area contributed by atoms with Gasteiger partial charge in [0.05, 0.1) is 11.4 Å². The molecule has 0 unspecified atom stereocenters. The molecule has 0 aliphatic rings. The van der Waals surface area contributed by atoms with Crippen LogP contribution >= 0.6 is 11.3 Å². The lowest BCUT2D eigenvalue weighted by molar-refractivity contribution is 0.102. The lowest BCUT2D eigenvalue weighted by atomic mass is 10.1. The minimum atomic E-state index is -0.210. The molecule has 2 rings (SSSR count). The number of likely N-dealkylation sites (N-methyl/N-ethyl adjacent to an activating group) is 1. The maximum atomic E-state index is 12.5. The van der Waals surface area contributed by atoms with Crippen molar-refractivity contribution in [2.75, 3.05) is 38.2 Å². The van der Waals surface area contributed by atoms with Crippen molar-refractivity contribution >= 4 is 34.6 Å². The first-order valence-electron chi connectivity index (χ1n) is 9.18. The number of thiophene rings is 1. The molecule has 0 aliphatic carbocycles. The van der Waals surface area contributed by atoms with Gasteiger partial charge in [0.25, 0.3) is 5.91 Å². The molecular formula is C20H29N5O2S. The van der Waals surface area contributed by atoms with Crippen LogP contribution < -0.4 is 16.4 Å². The van der Waals surface area contributed by atoms with Crippen molar-refractivity contribution in [2.24, 2.45) is 0 Å². The molecule has 7 nitrogen and oxygen atoms in total. The smallest absolute Gasteiger partial charge is 0.317 e. The number of nitrogens with one attached hydrogen (secondary N) is 2. The van der Waals surface area contributed by atoms with E-state index in [-0.39, 0.29) is 18.0 Å². The highest BCUT2D eigenvalue weighted by Crippen LogP contribution is 2.23. The van der Waals surface area contributed by atoms with Crippen LogP contribution in [-0.4, -0.2) is 55.0 Å². The number of hydrogen-bond donors (Lipinski definition) is 3. The van der Waals surface area contributed by atoms with Crippen LogP contribution in [0.2, 0.25) is 0 Å². The molecule has 0 aliphatic heterocycles. The average Bonchev–Trinajstić information content (AvgIpc) is 3.03. The molecule has 1 heterocycles. The molecule has 0 spiro atoms. The molecule has 1 aromatic heterocycles. The molecule has 1 aromatic carbocycles. The third-order valence-corrected chi connectivity index (χ3v) is 4.81. The van der Waals surface area contributed by atoms with Crippen LogP contribution in [-0.2, 0) is 6.54 Å².